The summed E-state index contributed by atoms with van der Waals surface area (Å²) < 4.78 is 16.9. The van der Waals surface area contributed by atoms with Crippen LogP contribution in [0.15, 0.2) is 0 Å². The first-order chi connectivity index (χ1) is 15.1. The van der Waals surface area contributed by atoms with Crippen molar-refractivity contribution in [3.63, 3.8) is 0 Å². The Morgan fingerprint density at radius 3 is 2.19 bits per heavy atom. The van der Waals surface area contributed by atoms with E-state index in [-0.39, 0.29) is 35.9 Å². The number of ether oxygens (including phenoxy) is 1. The van der Waals surface area contributed by atoms with Crippen LogP contribution in [0.4, 0.5) is 0 Å². The van der Waals surface area contributed by atoms with Crippen LogP contribution in [-0.4, -0.2) is 47.1 Å². The molecular formula is C25H46O6Si. The van der Waals surface area contributed by atoms with E-state index in [0.717, 1.165) is 63.8 Å². The first-order valence-electron chi connectivity index (χ1n) is 12.5. The van der Waals surface area contributed by atoms with Crippen molar-refractivity contribution >= 4 is 20.1 Å². The highest BCUT2D eigenvalue weighted by Crippen LogP contribution is 2.40. The second kappa shape index (κ2) is 12.7. The van der Waals surface area contributed by atoms with Crippen LogP contribution in [-0.2, 0) is 28.2 Å². The maximum absolute atomic E-state index is 12.9. The van der Waals surface area contributed by atoms with Crippen molar-refractivity contribution in [1.82, 2.24) is 0 Å². The molecule has 3 atom stereocenters. The molecule has 0 saturated heterocycles. The minimum absolute atomic E-state index is 0.0287. The molecule has 0 radical (unpaired) electrons. The summed E-state index contributed by atoms with van der Waals surface area (Å²) in [6, 6.07) is 0.790. The highest BCUT2D eigenvalue weighted by molar-refractivity contribution is 6.65. The van der Waals surface area contributed by atoms with Gasteiger partial charge in [0, 0.05) is 25.6 Å². The van der Waals surface area contributed by atoms with Gasteiger partial charge in [-0.1, -0.05) is 27.2 Å². The predicted molar refractivity (Wildman–Crippen MR) is 127 cm³/mol. The van der Waals surface area contributed by atoms with Crippen LogP contribution in [0, 0.1) is 23.2 Å². The van der Waals surface area contributed by atoms with Crippen molar-refractivity contribution in [1.29, 1.82) is 0 Å². The molecule has 3 unspecified atom stereocenters. The third-order valence-electron chi connectivity index (χ3n) is 7.66. The molecule has 0 aromatic heterocycles. The van der Waals surface area contributed by atoms with Gasteiger partial charge in [0.25, 0.3) is 0 Å². The van der Waals surface area contributed by atoms with Crippen molar-refractivity contribution in [2.24, 2.45) is 23.2 Å². The van der Waals surface area contributed by atoms with E-state index in [0.29, 0.717) is 17.9 Å². The second-order valence-electron chi connectivity index (χ2n) is 11.1. The third kappa shape index (κ3) is 8.63. The van der Waals surface area contributed by atoms with Gasteiger partial charge < -0.3 is 9.16 Å². The van der Waals surface area contributed by atoms with E-state index in [1.807, 2.05) is 6.55 Å². The SMILES string of the molecule is COO[Si](C)(CCCOC1CCCC(C(=O)CC(=O)C2CCC(C(C)(C)C)CC2)C1)OC. The van der Waals surface area contributed by atoms with Gasteiger partial charge in [0.2, 0.25) is 0 Å². The largest absolute Gasteiger partial charge is 0.396 e. The van der Waals surface area contributed by atoms with E-state index in [9.17, 15) is 9.59 Å². The fraction of sp³-hybridized carbons (Fsp3) is 0.920. The molecule has 0 bridgehead atoms. The number of hydrogen-bond donors (Lipinski definition) is 0. The lowest BCUT2D eigenvalue weighted by Gasteiger charge is -2.36. The molecule has 0 N–H and O–H groups in total. The first kappa shape index (κ1) is 27.6. The summed E-state index contributed by atoms with van der Waals surface area (Å²) >= 11 is 0. The molecule has 32 heavy (non-hydrogen) atoms. The van der Waals surface area contributed by atoms with Crippen molar-refractivity contribution in [3.05, 3.63) is 0 Å². The minimum atomic E-state index is -2.29. The summed E-state index contributed by atoms with van der Waals surface area (Å²) in [6.07, 6.45) is 8.78. The van der Waals surface area contributed by atoms with Crippen molar-refractivity contribution in [2.75, 3.05) is 20.8 Å². The molecule has 0 amide bonds. The van der Waals surface area contributed by atoms with Crippen molar-refractivity contribution in [2.45, 2.75) is 104 Å². The molecule has 2 rings (SSSR count). The Labute approximate surface area is 196 Å². The zero-order valence-electron chi connectivity index (χ0n) is 21.2. The van der Waals surface area contributed by atoms with E-state index in [1.54, 1.807) is 7.11 Å². The number of carbonyl (C=O) groups excluding carboxylic acids is 2. The van der Waals surface area contributed by atoms with Gasteiger partial charge in [0.1, 0.15) is 11.6 Å². The molecule has 2 aliphatic carbocycles. The zero-order valence-corrected chi connectivity index (χ0v) is 22.2. The van der Waals surface area contributed by atoms with E-state index in [2.05, 4.69) is 20.8 Å². The lowest BCUT2D eigenvalue weighted by Crippen LogP contribution is -2.37. The van der Waals surface area contributed by atoms with Gasteiger partial charge in [-0.05, 0) is 75.3 Å². The van der Waals surface area contributed by atoms with E-state index < -0.39 is 8.56 Å². The predicted octanol–water partition coefficient (Wildman–Crippen LogP) is 5.63. The molecule has 6 nitrogen and oxygen atoms in total. The monoisotopic (exact) mass is 470 g/mol. The van der Waals surface area contributed by atoms with Crippen LogP contribution in [0.1, 0.15) is 85.0 Å². The third-order valence-corrected chi connectivity index (χ3v) is 10.3. The Hall–Kier alpha value is -0.603. The van der Waals surface area contributed by atoms with E-state index >= 15 is 0 Å². The Bertz CT molecular complexity index is 596. The van der Waals surface area contributed by atoms with Crippen LogP contribution < -0.4 is 0 Å². The second-order valence-corrected chi connectivity index (χ2v) is 14.4. The molecule has 0 aromatic rings. The Morgan fingerprint density at radius 1 is 0.938 bits per heavy atom. The lowest BCUT2D eigenvalue weighted by molar-refractivity contribution is -0.205. The number of hydrogen-bond acceptors (Lipinski definition) is 6. The summed E-state index contributed by atoms with van der Waals surface area (Å²) in [4.78, 5) is 30.5. The van der Waals surface area contributed by atoms with Gasteiger partial charge in [-0.3, -0.25) is 14.2 Å². The van der Waals surface area contributed by atoms with Crippen molar-refractivity contribution in [3.8, 4) is 0 Å². The van der Waals surface area contributed by atoms with Gasteiger partial charge in [-0.15, -0.1) is 0 Å². The summed E-state index contributed by atoms with van der Waals surface area (Å²) in [5, 5.41) is 0. The summed E-state index contributed by atoms with van der Waals surface area (Å²) in [7, 11) is 0.870. The molecular weight excluding hydrogens is 424 g/mol. The van der Waals surface area contributed by atoms with E-state index in [4.69, 9.17) is 18.6 Å². The van der Waals surface area contributed by atoms with Crippen LogP contribution >= 0.6 is 0 Å². The Balaban J connectivity index is 1.71. The molecule has 0 aromatic carbocycles. The van der Waals surface area contributed by atoms with Crippen LogP contribution in [0.2, 0.25) is 12.6 Å². The lowest BCUT2D eigenvalue weighted by atomic mass is 9.68. The van der Waals surface area contributed by atoms with Gasteiger partial charge >= 0.3 is 8.56 Å². The quantitative estimate of drug-likeness (QED) is 0.121. The highest BCUT2D eigenvalue weighted by Gasteiger charge is 2.35. The summed E-state index contributed by atoms with van der Waals surface area (Å²) in [5.41, 5.74) is 0.308. The zero-order chi connectivity index (χ0) is 23.8. The van der Waals surface area contributed by atoms with Gasteiger partial charge in [0.15, 0.2) is 0 Å². The molecule has 186 valence electrons. The minimum Gasteiger partial charge on any atom is -0.396 e. The normalized spacial score (nSPS) is 28.8. The van der Waals surface area contributed by atoms with Crippen LogP contribution in [0.5, 0.6) is 0 Å². The topological polar surface area (TPSA) is 71.1 Å². The van der Waals surface area contributed by atoms with E-state index in [1.165, 1.54) is 7.11 Å². The number of Topliss-reactive ketones (excluding diaryl/α,β-unsaturated/α-hetero) is 2. The molecule has 0 spiro atoms. The summed E-state index contributed by atoms with van der Waals surface area (Å²) in [6.45, 7) is 9.46. The van der Waals surface area contributed by atoms with Crippen molar-refractivity contribution < 1.29 is 28.2 Å². The molecule has 2 aliphatic rings. The molecule has 2 saturated carbocycles. The van der Waals surface area contributed by atoms with Gasteiger partial charge in [-0.2, -0.15) is 0 Å². The smallest absolute Gasteiger partial charge is 0.371 e. The fourth-order valence-corrected chi connectivity index (χ4v) is 6.82. The molecule has 0 heterocycles. The van der Waals surface area contributed by atoms with Gasteiger partial charge in [-0.25, -0.2) is 4.89 Å². The molecule has 0 aliphatic heterocycles. The first-order valence-corrected chi connectivity index (χ1v) is 15.0. The average molecular weight is 471 g/mol. The maximum atomic E-state index is 12.9. The maximum Gasteiger partial charge on any atom is 0.371 e. The fourth-order valence-electron chi connectivity index (χ4n) is 5.33. The highest BCUT2D eigenvalue weighted by atomic mass is 28.4. The average Bonchev–Trinajstić information content (AvgIpc) is 2.76. The van der Waals surface area contributed by atoms with Crippen LogP contribution in [0.25, 0.3) is 0 Å². The Morgan fingerprint density at radius 2 is 1.59 bits per heavy atom. The molecule has 2 fully saturated rings. The Kier molecular flexibility index (Phi) is 11.0. The molecule has 7 heteroatoms. The number of ketones is 2. The number of carbonyl (C=O) groups is 2. The standard InChI is InChI=1S/C25H46O6Si/c1-25(2,3)21-13-11-19(12-14-21)23(26)18-24(27)20-9-7-10-22(17-20)30-15-8-16-32(6,29-5)31-28-4/h19-22H,7-18H2,1-6H3. The summed E-state index contributed by atoms with van der Waals surface area (Å²) in [5.74, 6) is 1.05. The number of rotatable bonds is 12. The van der Waals surface area contributed by atoms with Crippen LogP contribution in [0.3, 0.4) is 0 Å². The van der Waals surface area contributed by atoms with Gasteiger partial charge in [0.05, 0.1) is 19.6 Å².